The molecule has 0 bridgehead atoms. The lowest BCUT2D eigenvalue weighted by Crippen LogP contribution is -2.28. The molecule has 1 N–H and O–H groups in total. The first-order valence-electron chi connectivity index (χ1n) is 6.99. The zero-order valence-electron chi connectivity index (χ0n) is 12.2. The van der Waals surface area contributed by atoms with Crippen molar-refractivity contribution >= 4 is 0 Å². The first-order valence-corrected chi connectivity index (χ1v) is 6.99. The highest BCUT2D eigenvalue weighted by Gasteiger charge is 2.18. The molecule has 2 nitrogen and oxygen atoms in total. The van der Waals surface area contributed by atoms with E-state index in [1.54, 1.807) is 6.20 Å². The Morgan fingerprint density at radius 1 is 1.00 bits per heavy atom. The van der Waals surface area contributed by atoms with Gasteiger partial charge in [-0.25, -0.2) is 4.39 Å². The van der Waals surface area contributed by atoms with Crippen LogP contribution in [0.25, 0.3) is 0 Å². The molecule has 0 spiro atoms. The summed E-state index contributed by atoms with van der Waals surface area (Å²) in [5, 5.41) is 3.57. The van der Waals surface area contributed by atoms with Crippen LogP contribution in [-0.2, 0) is 0 Å². The molecule has 0 aliphatic rings. The second kappa shape index (κ2) is 6.62. The van der Waals surface area contributed by atoms with Gasteiger partial charge in [0.05, 0.1) is 6.20 Å². The van der Waals surface area contributed by atoms with E-state index in [-0.39, 0.29) is 17.9 Å². The Kier molecular flexibility index (Phi) is 4.85. The second-order valence-electron chi connectivity index (χ2n) is 5.46. The molecule has 0 aliphatic heterocycles. The number of benzene rings is 1. The summed E-state index contributed by atoms with van der Waals surface area (Å²) in [6.45, 7) is 6.40. The van der Waals surface area contributed by atoms with Gasteiger partial charge in [-0.1, -0.05) is 44.2 Å². The fourth-order valence-corrected chi connectivity index (χ4v) is 2.36. The molecule has 3 heteroatoms. The summed E-state index contributed by atoms with van der Waals surface area (Å²) in [6.07, 6.45) is 2.94. The van der Waals surface area contributed by atoms with Gasteiger partial charge in [-0.15, -0.1) is 0 Å². The lowest BCUT2D eigenvalue weighted by atomic mass is 9.94. The van der Waals surface area contributed by atoms with E-state index in [4.69, 9.17) is 0 Å². The van der Waals surface area contributed by atoms with E-state index in [9.17, 15) is 4.39 Å². The van der Waals surface area contributed by atoms with Crippen LogP contribution in [0.5, 0.6) is 0 Å². The van der Waals surface area contributed by atoms with Crippen molar-refractivity contribution in [1.82, 2.24) is 10.3 Å². The van der Waals surface area contributed by atoms with E-state index < -0.39 is 0 Å². The van der Waals surface area contributed by atoms with Crippen LogP contribution >= 0.6 is 0 Å². The normalized spacial score (nSPS) is 14.2. The Morgan fingerprint density at radius 3 is 2.30 bits per heavy atom. The summed E-state index contributed by atoms with van der Waals surface area (Å²) in [6, 6.07) is 12.2. The fraction of sp³-hybridized carbons (Fsp3) is 0.353. The van der Waals surface area contributed by atoms with Gasteiger partial charge in [0, 0.05) is 18.3 Å². The molecule has 1 heterocycles. The summed E-state index contributed by atoms with van der Waals surface area (Å²) >= 11 is 0. The van der Waals surface area contributed by atoms with E-state index >= 15 is 0 Å². The predicted molar refractivity (Wildman–Crippen MR) is 79.8 cm³/mol. The number of hydrogen-bond donors (Lipinski definition) is 1. The van der Waals surface area contributed by atoms with Crippen LogP contribution < -0.4 is 5.32 Å². The highest BCUT2D eigenvalue weighted by molar-refractivity contribution is 5.21. The minimum atomic E-state index is -0.294. The second-order valence-corrected chi connectivity index (χ2v) is 5.46. The van der Waals surface area contributed by atoms with Crippen LogP contribution in [0.1, 0.15) is 44.0 Å². The molecular weight excluding hydrogens is 251 g/mol. The molecule has 1 aromatic carbocycles. The van der Waals surface area contributed by atoms with E-state index in [2.05, 4.69) is 36.3 Å². The van der Waals surface area contributed by atoms with Crippen molar-refractivity contribution in [1.29, 1.82) is 0 Å². The molecule has 0 aliphatic carbocycles. The number of hydrogen-bond acceptors (Lipinski definition) is 2. The van der Waals surface area contributed by atoms with Crippen molar-refractivity contribution in [3.8, 4) is 0 Å². The number of nitrogens with one attached hydrogen (secondary N) is 1. The van der Waals surface area contributed by atoms with Crippen LogP contribution in [0.15, 0.2) is 48.8 Å². The predicted octanol–water partition coefficient (Wildman–Crippen LogP) is 4.27. The van der Waals surface area contributed by atoms with E-state index in [1.807, 2.05) is 25.1 Å². The first kappa shape index (κ1) is 14.7. The third-order valence-electron chi connectivity index (χ3n) is 3.48. The van der Waals surface area contributed by atoms with Crippen molar-refractivity contribution < 1.29 is 4.39 Å². The molecule has 0 saturated carbocycles. The van der Waals surface area contributed by atoms with Crippen LogP contribution in [0.4, 0.5) is 4.39 Å². The van der Waals surface area contributed by atoms with E-state index in [1.165, 1.54) is 17.8 Å². The highest BCUT2D eigenvalue weighted by atomic mass is 19.1. The number of nitrogens with zero attached hydrogens (tertiary/aromatic N) is 1. The van der Waals surface area contributed by atoms with Crippen molar-refractivity contribution in [2.24, 2.45) is 5.92 Å². The molecule has 106 valence electrons. The Bertz CT molecular complexity index is 540. The topological polar surface area (TPSA) is 24.9 Å². The maximum absolute atomic E-state index is 13.3. The number of rotatable bonds is 5. The van der Waals surface area contributed by atoms with Gasteiger partial charge < -0.3 is 5.32 Å². The summed E-state index contributed by atoms with van der Waals surface area (Å²) in [4.78, 5) is 3.92. The summed E-state index contributed by atoms with van der Waals surface area (Å²) in [5.74, 6) is 0.151. The van der Waals surface area contributed by atoms with Gasteiger partial charge in [0.1, 0.15) is 5.82 Å². The van der Waals surface area contributed by atoms with Crippen molar-refractivity contribution in [2.75, 3.05) is 0 Å². The molecule has 0 amide bonds. The van der Waals surface area contributed by atoms with Crippen LogP contribution in [-0.4, -0.2) is 4.98 Å². The zero-order chi connectivity index (χ0) is 14.5. The van der Waals surface area contributed by atoms with E-state index in [0.717, 1.165) is 5.56 Å². The largest absolute Gasteiger partial charge is 0.303 e. The average molecular weight is 272 g/mol. The van der Waals surface area contributed by atoms with Gasteiger partial charge in [-0.3, -0.25) is 4.98 Å². The van der Waals surface area contributed by atoms with E-state index in [0.29, 0.717) is 5.92 Å². The third kappa shape index (κ3) is 3.64. The Hall–Kier alpha value is -1.74. The molecule has 2 atom stereocenters. The number of aromatic nitrogens is 1. The van der Waals surface area contributed by atoms with Gasteiger partial charge >= 0.3 is 0 Å². The van der Waals surface area contributed by atoms with Crippen molar-refractivity contribution in [3.63, 3.8) is 0 Å². The molecular formula is C17H21FN2. The monoisotopic (exact) mass is 272 g/mol. The maximum atomic E-state index is 13.3. The van der Waals surface area contributed by atoms with Crippen molar-refractivity contribution in [2.45, 2.75) is 32.9 Å². The Labute approximate surface area is 120 Å². The molecule has 2 rings (SSSR count). The molecule has 2 aromatic rings. The van der Waals surface area contributed by atoms with Crippen LogP contribution in [0.3, 0.4) is 0 Å². The molecule has 0 fully saturated rings. The minimum absolute atomic E-state index is 0.0470. The minimum Gasteiger partial charge on any atom is -0.303 e. The standard InChI is InChI=1S/C17H21FN2/c1-12(2)17(14-7-5-4-6-8-14)20-13(3)15-9-16(18)11-19-10-15/h4-13,17,20H,1-3H3. The molecule has 20 heavy (non-hydrogen) atoms. The Balaban J connectivity index is 2.17. The first-order chi connectivity index (χ1) is 9.58. The lowest BCUT2D eigenvalue weighted by molar-refractivity contribution is 0.373. The van der Waals surface area contributed by atoms with Gasteiger partial charge in [0.25, 0.3) is 0 Å². The summed E-state index contributed by atoms with van der Waals surface area (Å²) in [7, 11) is 0. The zero-order valence-corrected chi connectivity index (χ0v) is 12.2. The number of halogens is 1. The van der Waals surface area contributed by atoms with Gasteiger partial charge in [0.2, 0.25) is 0 Å². The summed E-state index contributed by atoms with van der Waals surface area (Å²) < 4.78 is 13.3. The molecule has 2 unspecified atom stereocenters. The number of pyridine rings is 1. The SMILES string of the molecule is CC(NC(c1ccccc1)C(C)C)c1cncc(F)c1. The van der Waals surface area contributed by atoms with Crippen LogP contribution in [0.2, 0.25) is 0 Å². The third-order valence-corrected chi connectivity index (χ3v) is 3.48. The maximum Gasteiger partial charge on any atom is 0.141 e. The van der Waals surface area contributed by atoms with Crippen LogP contribution in [0, 0.1) is 11.7 Å². The molecule has 1 aromatic heterocycles. The molecule has 0 saturated heterocycles. The van der Waals surface area contributed by atoms with Gasteiger partial charge in [-0.05, 0) is 30.0 Å². The highest BCUT2D eigenvalue weighted by Crippen LogP contribution is 2.25. The lowest BCUT2D eigenvalue weighted by Gasteiger charge is -2.27. The fourth-order valence-electron chi connectivity index (χ4n) is 2.36. The summed E-state index contributed by atoms with van der Waals surface area (Å²) in [5.41, 5.74) is 2.12. The quantitative estimate of drug-likeness (QED) is 0.879. The van der Waals surface area contributed by atoms with Crippen molar-refractivity contribution in [3.05, 3.63) is 65.7 Å². The van der Waals surface area contributed by atoms with Gasteiger partial charge in [-0.2, -0.15) is 0 Å². The van der Waals surface area contributed by atoms with Gasteiger partial charge in [0.15, 0.2) is 0 Å². The average Bonchev–Trinajstić information content (AvgIpc) is 2.45. The molecule has 0 radical (unpaired) electrons. The Morgan fingerprint density at radius 2 is 1.70 bits per heavy atom. The smallest absolute Gasteiger partial charge is 0.141 e.